The van der Waals surface area contributed by atoms with E-state index in [0.717, 1.165) is 13.0 Å². The van der Waals surface area contributed by atoms with Crippen molar-refractivity contribution in [1.29, 1.82) is 0 Å². The topological polar surface area (TPSA) is 69.0 Å². The Hall–Kier alpha value is -1.92. The molecular formula is C15H17ClN4O2. The highest BCUT2D eigenvalue weighted by Gasteiger charge is 2.21. The van der Waals surface area contributed by atoms with E-state index in [1.807, 2.05) is 18.2 Å². The van der Waals surface area contributed by atoms with Gasteiger partial charge in [0.15, 0.2) is 5.69 Å². The van der Waals surface area contributed by atoms with Gasteiger partial charge in [-0.1, -0.05) is 28.9 Å². The van der Waals surface area contributed by atoms with Crippen molar-refractivity contribution in [2.24, 2.45) is 5.92 Å². The van der Waals surface area contributed by atoms with Crippen molar-refractivity contribution in [3.8, 4) is 5.69 Å². The molecule has 6 nitrogen and oxygen atoms in total. The van der Waals surface area contributed by atoms with Gasteiger partial charge in [0, 0.05) is 19.1 Å². The molecule has 1 saturated heterocycles. The summed E-state index contributed by atoms with van der Waals surface area (Å²) in [6.07, 6.45) is 0.978. The summed E-state index contributed by atoms with van der Waals surface area (Å²) in [6, 6.07) is 7.32. The number of halogens is 1. The van der Waals surface area contributed by atoms with E-state index in [-0.39, 0.29) is 5.91 Å². The van der Waals surface area contributed by atoms with Gasteiger partial charge in [-0.25, -0.2) is 4.68 Å². The number of benzene rings is 1. The zero-order valence-corrected chi connectivity index (χ0v) is 13.0. The largest absolute Gasteiger partial charge is 0.381 e. The van der Waals surface area contributed by atoms with Crippen LogP contribution in [0, 0.1) is 12.8 Å². The van der Waals surface area contributed by atoms with Gasteiger partial charge in [-0.3, -0.25) is 4.79 Å². The van der Waals surface area contributed by atoms with Crippen molar-refractivity contribution in [3.63, 3.8) is 0 Å². The first-order valence-electron chi connectivity index (χ1n) is 7.20. The van der Waals surface area contributed by atoms with Crippen molar-refractivity contribution < 1.29 is 9.53 Å². The zero-order valence-electron chi connectivity index (χ0n) is 12.3. The maximum absolute atomic E-state index is 12.3. The molecular weight excluding hydrogens is 304 g/mol. The molecule has 0 bridgehead atoms. The first kappa shape index (κ1) is 15.0. The predicted octanol–water partition coefficient (Wildman–Crippen LogP) is 2.00. The number of para-hydroxylation sites is 1. The molecule has 1 amide bonds. The summed E-state index contributed by atoms with van der Waals surface area (Å²) in [6.45, 7) is 3.86. The van der Waals surface area contributed by atoms with Gasteiger partial charge in [-0.05, 0) is 25.5 Å². The van der Waals surface area contributed by atoms with Gasteiger partial charge < -0.3 is 10.1 Å². The van der Waals surface area contributed by atoms with Crippen LogP contribution >= 0.6 is 11.6 Å². The van der Waals surface area contributed by atoms with Gasteiger partial charge in [0.05, 0.1) is 23.0 Å². The van der Waals surface area contributed by atoms with E-state index in [0.29, 0.717) is 41.2 Å². The van der Waals surface area contributed by atoms with E-state index in [1.54, 1.807) is 17.7 Å². The normalized spacial score (nSPS) is 17.6. The molecule has 0 spiro atoms. The molecule has 1 atom stereocenters. The second-order valence-electron chi connectivity index (χ2n) is 5.33. The van der Waals surface area contributed by atoms with Crippen LogP contribution in [0.1, 0.15) is 22.6 Å². The third kappa shape index (κ3) is 2.98. The molecule has 1 aliphatic heterocycles. The molecule has 0 unspecified atom stereocenters. The Morgan fingerprint density at radius 2 is 2.32 bits per heavy atom. The Morgan fingerprint density at radius 3 is 3.05 bits per heavy atom. The fourth-order valence-electron chi connectivity index (χ4n) is 2.46. The molecule has 1 aliphatic rings. The van der Waals surface area contributed by atoms with Crippen LogP contribution in [-0.2, 0) is 4.74 Å². The summed E-state index contributed by atoms with van der Waals surface area (Å²) >= 11 is 6.16. The molecule has 0 radical (unpaired) electrons. The van der Waals surface area contributed by atoms with Crippen molar-refractivity contribution >= 4 is 17.5 Å². The second kappa shape index (κ2) is 6.46. The Labute approximate surface area is 133 Å². The number of hydrogen-bond acceptors (Lipinski definition) is 4. The summed E-state index contributed by atoms with van der Waals surface area (Å²) in [5.74, 6) is 0.158. The molecule has 0 saturated carbocycles. The first-order valence-corrected chi connectivity index (χ1v) is 7.57. The molecule has 116 valence electrons. The summed E-state index contributed by atoms with van der Waals surface area (Å²) in [7, 11) is 0. The summed E-state index contributed by atoms with van der Waals surface area (Å²) in [4.78, 5) is 12.3. The van der Waals surface area contributed by atoms with E-state index < -0.39 is 0 Å². The molecule has 2 aromatic rings. The number of nitrogens with one attached hydrogen (secondary N) is 1. The number of aromatic nitrogens is 3. The van der Waals surface area contributed by atoms with E-state index >= 15 is 0 Å². The zero-order chi connectivity index (χ0) is 15.5. The van der Waals surface area contributed by atoms with Crippen LogP contribution < -0.4 is 5.32 Å². The summed E-state index contributed by atoms with van der Waals surface area (Å²) in [5, 5.41) is 11.5. The Morgan fingerprint density at radius 1 is 1.50 bits per heavy atom. The van der Waals surface area contributed by atoms with E-state index in [1.165, 1.54) is 0 Å². The number of carbonyl (C=O) groups is 1. The fourth-order valence-corrected chi connectivity index (χ4v) is 2.67. The lowest BCUT2D eigenvalue weighted by atomic mass is 10.1. The molecule has 0 aliphatic carbocycles. The maximum Gasteiger partial charge on any atom is 0.273 e. The minimum atomic E-state index is -0.220. The highest BCUT2D eigenvalue weighted by atomic mass is 35.5. The van der Waals surface area contributed by atoms with Crippen molar-refractivity contribution in [3.05, 3.63) is 40.7 Å². The molecule has 22 heavy (non-hydrogen) atoms. The number of hydrogen-bond donors (Lipinski definition) is 1. The van der Waals surface area contributed by atoms with Crippen molar-refractivity contribution in [2.45, 2.75) is 13.3 Å². The number of nitrogens with zero attached hydrogens (tertiary/aromatic N) is 3. The van der Waals surface area contributed by atoms with E-state index in [4.69, 9.17) is 16.3 Å². The number of ether oxygens (including phenoxy) is 1. The Bertz CT molecular complexity index is 680. The SMILES string of the molecule is Cc1c(C(=O)NC[C@H]2CCOC2)nnn1-c1ccccc1Cl. The van der Waals surface area contributed by atoms with Gasteiger partial charge in [-0.2, -0.15) is 0 Å². The lowest BCUT2D eigenvalue weighted by Gasteiger charge is -2.09. The highest BCUT2D eigenvalue weighted by Crippen LogP contribution is 2.21. The number of amides is 1. The monoisotopic (exact) mass is 320 g/mol. The number of carbonyl (C=O) groups excluding carboxylic acids is 1. The minimum Gasteiger partial charge on any atom is -0.381 e. The second-order valence-corrected chi connectivity index (χ2v) is 5.73. The molecule has 3 rings (SSSR count). The molecule has 2 heterocycles. The van der Waals surface area contributed by atoms with Gasteiger partial charge >= 0.3 is 0 Å². The van der Waals surface area contributed by atoms with Gasteiger partial charge in [0.2, 0.25) is 0 Å². The lowest BCUT2D eigenvalue weighted by molar-refractivity contribution is 0.0939. The predicted molar refractivity (Wildman–Crippen MR) is 82.4 cm³/mol. The summed E-state index contributed by atoms with van der Waals surface area (Å²) < 4.78 is 6.88. The third-order valence-electron chi connectivity index (χ3n) is 3.77. The van der Waals surface area contributed by atoms with Gasteiger partial charge in [0.1, 0.15) is 0 Å². The molecule has 7 heteroatoms. The van der Waals surface area contributed by atoms with Gasteiger partial charge in [-0.15, -0.1) is 5.10 Å². The first-order chi connectivity index (χ1) is 10.7. The lowest BCUT2D eigenvalue weighted by Crippen LogP contribution is -2.30. The van der Waals surface area contributed by atoms with Crippen LogP contribution in [0.2, 0.25) is 5.02 Å². The third-order valence-corrected chi connectivity index (χ3v) is 4.09. The fraction of sp³-hybridized carbons (Fsp3) is 0.400. The Balaban J connectivity index is 1.75. The van der Waals surface area contributed by atoms with Crippen LogP contribution in [-0.4, -0.2) is 40.7 Å². The minimum absolute atomic E-state index is 0.220. The van der Waals surface area contributed by atoms with Crippen LogP contribution in [0.5, 0.6) is 0 Å². The smallest absolute Gasteiger partial charge is 0.273 e. The molecule has 1 aromatic heterocycles. The molecule has 1 fully saturated rings. The van der Waals surface area contributed by atoms with Crippen LogP contribution in [0.4, 0.5) is 0 Å². The van der Waals surface area contributed by atoms with E-state index in [2.05, 4.69) is 15.6 Å². The Kier molecular flexibility index (Phi) is 4.40. The van der Waals surface area contributed by atoms with E-state index in [9.17, 15) is 4.79 Å². The average molecular weight is 321 g/mol. The number of rotatable bonds is 4. The van der Waals surface area contributed by atoms with Crippen molar-refractivity contribution in [1.82, 2.24) is 20.3 Å². The highest BCUT2D eigenvalue weighted by molar-refractivity contribution is 6.32. The summed E-state index contributed by atoms with van der Waals surface area (Å²) in [5.41, 5.74) is 1.68. The van der Waals surface area contributed by atoms with Gasteiger partial charge in [0.25, 0.3) is 5.91 Å². The standard InChI is InChI=1S/C15H17ClN4O2/c1-10-14(15(21)17-8-11-6-7-22-9-11)18-19-20(10)13-5-3-2-4-12(13)16/h2-5,11H,6-9H2,1H3,(H,17,21)/t11-/m1/s1. The maximum atomic E-state index is 12.3. The molecule has 1 aromatic carbocycles. The average Bonchev–Trinajstić information content (AvgIpc) is 3.15. The molecule has 1 N–H and O–H groups in total. The van der Waals surface area contributed by atoms with Crippen LogP contribution in [0.25, 0.3) is 5.69 Å². The van der Waals surface area contributed by atoms with Crippen molar-refractivity contribution in [2.75, 3.05) is 19.8 Å². The van der Waals surface area contributed by atoms with Crippen LogP contribution in [0.15, 0.2) is 24.3 Å². The quantitative estimate of drug-likeness (QED) is 0.935. The van der Waals surface area contributed by atoms with Crippen LogP contribution in [0.3, 0.4) is 0 Å².